The van der Waals surface area contributed by atoms with E-state index in [4.69, 9.17) is 0 Å². The Hall–Kier alpha value is -1.42. The van der Waals surface area contributed by atoms with E-state index in [1.807, 2.05) is 19.9 Å². The summed E-state index contributed by atoms with van der Waals surface area (Å²) in [7, 11) is 0. The number of benzene rings is 1. The number of anilines is 1. The van der Waals surface area contributed by atoms with E-state index in [1.54, 1.807) is 6.07 Å². The maximum absolute atomic E-state index is 13.6. The highest BCUT2D eigenvalue weighted by Gasteiger charge is 2.47. The molecule has 108 valence electrons. The average Bonchev–Trinajstić information content (AvgIpc) is 2.67. The third-order valence-electron chi connectivity index (χ3n) is 4.80. The Morgan fingerprint density at radius 2 is 2.05 bits per heavy atom. The Kier molecular flexibility index (Phi) is 3.28. The molecule has 1 saturated heterocycles. The van der Waals surface area contributed by atoms with Crippen LogP contribution >= 0.6 is 0 Å². The molecule has 3 rings (SSSR count). The molecule has 2 aliphatic heterocycles. The van der Waals surface area contributed by atoms with Crippen LogP contribution in [0.2, 0.25) is 0 Å². The van der Waals surface area contributed by atoms with E-state index in [9.17, 15) is 9.18 Å². The van der Waals surface area contributed by atoms with Crippen molar-refractivity contribution in [1.82, 2.24) is 5.32 Å². The molecule has 2 heterocycles. The Morgan fingerprint density at radius 3 is 2.70 bits per heavy atom. The van der Waals surface area contributed by atoms with Crippen molar-refractivity contribution in [2.75, 3.05) is 18.0 Å². The Morgan fingerprint density at radius 1 is 1.35 bits per heavy atom. The molecule has 4 heteroatoms. The van der Waals surface area contributed by atoms with Crippen LogP contribution in [0, 0.1) is 5.82 Å². The van der Waals surface area contributed by atoms with Crippen LogP contribution in [-0.2, 0) is 10.2 Å². The van der Waals surface area contributed by atoms with Crippen molar-refractivity contribution < 1.29 is 9.18 Å². The van der Waals surface area contributed by atoms with Crippen LogP contribution in [0.25, 0.3) is 0 Å². The van der Waals surface area contributed by atoms with Crippen molar-refractivity contribution in [2.45, 2.75) is 44.2 Å². The molecule has 1 aromatic carbocycles. The maximum Gasteiger partial charge on any atom is 0.143 e. The van der Waals surface area contributed by atoms with Crippen molar-refractivity contribution in [3.8, 4) is 0 Å². The molecule has 0 aromatic heterocycles. The van der Waals surface area contributed by atoms with Gasteiger partial charge in [0.1, 0.15) is 12.1 Å². The molecule has 0 spiro atoms. The van der Waals surface area contributed by atoms with Gasteiger partial charge in [0.2, 0.25) is 0 Å². The average molecular weight is 276 g/mol. The molecule has 0 aliphatic carbocycles. The van der Waals surface area contributed by atoms with Crippen molar-refractivity contribution >= 4 is 12.0 Å². The predicted molar refractivity (Wildman–Crippen MR) is 77.6 cm³/mol. The number of halogens is 1. The van der Waals surface area contributed by atoms with Gasteiger partial charge < -0.3 is 15.0 Å². The van der Waals surface area contributed by atoms with E-state index >= 15 is 0 Å². The number of nitrogens with zero attached hydrogens (tertiary/aromatic N) is 1. The molecular weight excluding hydrogens is 255 g/mol. The minimum absolute atomic E-state index is 0.206. The largest absolute Gasteiger partial charge is 0.358 e. The molecule has 1 aromatic rings. The first-order valence-electron chi connectivity index (χ1n) is 7.30. The monoisotopic (exact) mass is 276 g/mol. The molecule has 0 saturated carbocycles. The van der Waals surface area contributed by atoms with Crippen LogP contribution in [0.4, 0.5) is 10.1 Å². The zero-order valence-corrected chi connectivity index (χ0v) is 12.0. The molecule has 1 atom stereocenters. The number of fused-ring (bicyclic) bond motifs is 1. The van der Waals surface area contributed by atoms with Gasteiger partial charge in [0, 0.05) is 17.1 Å². The number of piperidine rings is 1. The van der Waals surface area contributed by atoms with E-state index in [0.717, 1.165) is 43.5 Å². The summed E-state index contributed by atoms with van der Waals surface area (Å²) in [5.41, 5.74) is 1.64. The summed E-state index contributed by atoms with van der Waals surface area (Å²) in [6.45, 7) is 6.02. The fourth-order valence-electron chi connectivity index (χ4n) is 3.65. The van der Waals surface area contributed by atoms with E-state index < -0.39 is 0 Å². The SMILES string of the molecule is CC1(C)c2cc(F)ccc2N(C2CCNCC2)C1C=O. The first-order valence-corrected chi connectivity index (χ1v) is 7.30. The van der Waals surface area contributed by atoms with Crippen molar-refractivity contribution in [3.63, 3.8) is 0 Å². The summed E-state index contributed by atoms with van der Waals surface area (Å²) in [4.78, 5) is 13.9. The van der Waals surface area contributed by atoms with Gasteiger partial charge in [-0.15, -0.1) is 0 Å². The van der Waals surface area contributed by atoms with Crippen LogP contribution in [0.15, 0.2) is 18.2 Å². The summed E-state index contributed by atoms with van der Waals surface area (Å²) in [6.07, 6.45) is 3.08. The second-order valence-electron chi connectivity index (χ2n) is 6.35. The summed E-state index contributed by atoms with van der Waals surface area (Å²) < 4.78 is 13.6. The first-order chi connectivity index (χ1) is 9.55. The van der Waals surface area contributed by atoms with Gasteiger partial charge in [-0.2, -0.15) is 0 Å². The minimum Gasteiger partial charge on any atom is -0.358 e. The Balaban J connectivity index is 2.07. The third kappa shape index (κ3) is 1.94. The van der Waals surface area contributed by atoms with Crippen LogP contribution in [0.1, 0.15) is 32.3 Å². The second-order valence-corrected chi connectivity index (χ2v) is 6.35. The fourth-order valence-corrected chi connectivity index (χ4v) is 3.65. The topological polar surface area (TPSA) is 32.3 Å². The number of carbonyl (C=O) groups excluding carboxylic acids is 1. The quantitative estimate of drug-likeness (QED) is 0.841. The number of rotatable bonds is 2. The van der Waals surface area contributed by atoms with Gasteiger partial charge in [0.05, 0.1) is 6.04 Å². The number of nitrogens with one attached hydrogen (secondary N) is 1. The van der Waals surface area contributed by atoms with Gasteiger partial charge in [-0.1, -0.05) is 13.8 Å². The molecule has 1 fully saturated rings. The molecule has 1 N–H and O–H groups in total. The first kappa shape index (κ1) is 13.6. The lowest BCUT2D eigenvalue weighted by Crippen LogP contribution is -2.51. The number of hydrogen-bond acceptors (Lipinski definition) is 3. The van der Waals surface area contributed by atoms with Crippen LogP contribution in [0.3, 0.4) is 0 Å². The van der Waals surface area contributed by atoms with E-state index in [1.165, 1.54) is 6.07 Å². The van der Waals surface area contributed by atoms with Gasteiger partial charge >= 0.3 is 0 Å². The fraction of sp³-hybridized carbons (Fsp3) is 0.562. The molecule has 1 unspecified atom stereocenters. The molecule has 20 heavy (non-hydrogen) atoms. The van der Waals surface area contributed by atoms with Crippen LogP contribution in [-0.4, -0.2) is 31.5 Å². The third-order valence-corrected chi connectivity index (χ3v) is 4.80. The normalized spacial score (nSPS) is 25.6. The molecule has 3 nitrogen and oxygen atoms in total. The van der Waals surface area contributed by atoms with Gasteiger partial charge in [-0.25, -0.2) is 4.39 Å². The molecule has 2 aliphatic rings. The molecular formula is C16H21FN2O. The maximum atomic E-state index is 13.6. The lowest BCUT2D eigenvalue weighted by molar-refractivity contribution is -0.110. The van der Waals surface area contributed by atoms with E-state index in [2.05, 4.69) is 10.2 Å². The lowest BCUT2D eigenvalue weighted by atomic mass is 9.81. The standard InChI is InChI=1S/C16H21FN2O/c1-16(2)13-9-11(17)3-4-14(13)19(15(16)10-20)12-5-7-18-8-6-12/h3-4,9-10,12,15,18H,5-8H2,1-2H3. The van der Waals surface area contributed by atoms with Crippen molar-refractivity contribution in [1.29, 1.82) is 0 Å². The number of carbonyl (C=O) groups is 1. The van der Waals surface area contributed by atoms with Crippen molar-refractivity contribution in [2.24, 2.45) is 0 Å². The molecule has 0 bridgehead atoms. The van der Waals surface area contributed by atoms with E-state index in [0.29, 0.717) is 6.04 Å². The van der Waals surface area contributed by atoms with Gasteiger partial charge in [0.15, 0.2) is 0 Å². The lowest BCUT2D eigenvalue weighted by Gasteiger charge is -2.38. The van der Waals surface area contributed by atoms with Gasteiger partial charge in [0.25, 0.3) is 0 Å². The highest BCUT2D eigenvalue weighted by molar-refractivity contribution is 5.78. The molecule has 0 radical (unpaired) electrons. The highest BCUT2D eigenvalue weighted by Crippen LogP contribution is 2.46. The van der Waals surface area contributed by atoms with Gasteiger partial charge in [-0.05, 0) is 49.7 Å². The smallest absolute Gasteiger partial charge is 0.143 e. The Labute approximate surface area is 119 Å². The number of aldehydes is 1. The second kappa shape index (κ2) is 4.85. The summed E-state index contributed by atoms with van der Waals surface area (Å²) in [5, 5.41) is 3.35. The van der Waals surface area contributed by atoms with Crippen LogP contribution < -0.4 is 10.2 Å². The molecule has 0 amide bonds. The Bertz CT molecular complexity index is 523. The minimum atomic E-state index is -0.343. The predicted octanol–water partition coefficient (Wildman–Crippen LogP) is 2.24. The summed E-state index contributed by atoms with van der Waals surface area (Å²) in [6, 6.07) is 5.07. The van der Waals surface area contributed by atoms with E-state index in [-0.39, 0.29) is 17.3 Å². The highest BCUT2D eigenvalue weighted by atomic mass is 19.1. The van der Waals surface area contributed by atoms with Crippen LogP contribution in [0.5, 0.6) is 0 Å². The zero-order valence-electron chi connectivity index (χ0n) is 12.0. The number of hydrogen-bond donors (Lipinski definition) is 1. The zero-order chi connectivity index (χ0) is 14.3. The van der Waals surface area contributed by atoms with Gasteiger partial charge in [-0.3, -0.25) is 0 Å². The van der Waals surface area contributed by atoms with Crippen molar-refractivity contribution in [3.05, 3.63) is 29.6 Å². The summed E-state index contributed by atoms with van der Waals surface area (Å²) >= 11 is 0. The summed E-state index contributed by atoms with van der Waals surface area (Å²) in [5.74, 6) is -0.228.